The fraction of sp³-hybridized carbons (Fsp3) is 0.357. The highest BCUT2D eigenvalue weighted by molar-refractivity contribution is 5.77. The van der Waals surface area contributed by atoms with Gasteiger partial charge < -0.3 is 10.4 Å². The van der Waals surface area contributed by atoms with Gasteiger partial charge in [0.2, 0.25) is 5.95 Å². The lowest BCUT2D eigenvalue weighted by Gasteiger charge is -2.20. The van der Waals surface area contributed by atoms with Crippen molar-refractivity contribution in [2.75, 3.05) is 5.32 Å². The van der Waals surface area contributed by atoms with Gasteiger partial charge in [0.1, 0.15) is 11.7 Å². The number of nitrogens with one attached hydrogen (secondary N) is 1. The second-order valence-electron chi connectivity index (χ2n) is 4.70. The number of carboxylic acids is 1. The van der Waals surface area contributed by atoms with Crippen LogP contribution in [0.3, 0.4) is 0 Å². The molecular weight excluding hydrogens is 270 g/mol. The van der Waals surface area contributed by atoms with Crippen LogP contribution in [0.2, 0.25) is 0 Å². The van der Waals surface area contributed by atoms with Gasteiger partial charge >= 0.3 is 5.97 Å². The first-order valence-corrected chi connectivity index (χ1v) is 6.70. The molecule has 110 valence electrons. The maximum atomic E-state index is 11.3. The van der Waals surface area contributed by atoms with Crippen molar-refractivity contribution in [2.24, 2.45) is 5.92 Å². The van der Waals surface area contributed by atoms with Gasteiger partial charge in [-0.05, 0) is 12.0 Å². The van der Waals surface area contributed by atoms with E-state index in [0.717, 1.165) is 6.42 Å². The van der Waals surface area contributed by atoms with E-state index >= 15 is 0 Å². The van der Waals surface area contributed by atoms with Crippen molar-refractivity contribution in [3.63, 3.8) is 0 Å². The van der Waals surface area contributed by atoms with Crippen LogP contribution in [-0.4, -0.2) is 37.1 Å². The van der Waals surface area contributed by atoms with Gasteiger partial charge in [-0.25, -0.2) is 14.8 Å². The van der Waals surface area contributed by atoms with Crippen LogP contribution in [0.4, 0.5) is 5.95 Å². The monoisotopic (exact) mass is 287 g/mol. The van der Waals surface area contributed by atoms with Crippen molar-refractivity contribution in [1.82, 2.24) is 19.9 Å². The van der Waals surface area contributed by atoms with Gasteiger partial charge in [-0.1, -0.05) is 20.3 Å². The van der Waals surface area contributed by atoms with Gasteiger partial charge in [0.05, 0.1) is 11.9 Å². The van der Waals surface area contributed by atoms with Crippen molar-refractivity contribution in [1.29, 1.82) is 0 Å². The third-order valence-electron chi connectivity index (χ3n) is 3.24. The first-order chi connectivity index (χ1) is 10.1. The summed E-state index contributed by atoms with van der Waals surface area (Å²) in [7, 11) is 0. The van der Waals surface area contributed by atoms with Crippen LogP contribution in [-0.2, 0) is 4.79 Å². The summed E-state index contributed by atoms with van der Waals surface area (Å²) < 4.78 is 0. The van der Waals surface area contributed by atoms with E-state index in [1.54, 1.807) is 30.9 Å². The molecule has 2 aromatic heterocycles. The number of aromatic nitrogens is 4. The predicted octanol–water partition coefficient (Wildman–Crippen LogP) is 1.84. The maximum absolute atomic E-state index is 11.3. The third-order valence-corrected chi connectivity index (χ3v) is 3.24. The summed E-state index contributed by atoms with van der Waals surface area (Å²) in [6.07, 6.45) is 7.05. The largest absolute Gasteiger partial charge is 0.480 e. The van der Waals surface area contributed by atoms with Crippen LogP contribution in [0.15, 0.2) is 30.9 Å². The van der Waals surface area contributed by atoms with Gasteiger partial charge in [-0.3, -0.25) is 9.97 Å². The molecule has 0 amide bonds. The lowest BCUT2D eigenvalue weighted by molar-refractivity contribution is -0.139. The minimum atomic E-state index is -0.919. The van der Waals surface area contributed by atoms with E-state index in [4.69, 9.17) is 0 Å². The zero-order valence-electron chi connectivity index (χ0n) is 11.9. The van der Waals surface area contributed by atoms with E-state index in [9.17, 15) is 9.90 Å². The minimum Gasteiger partial charge on any atom is -0.480 e. The van der Waals surface area contributed by atoms with E-state index in [1.165, 1.54) is 0 Å². The van der Waals surface area contributed by atoms with Crippen LogP contribution in [0.1, 0.15) is 20.3 Å². The average molecular weight is 287 g/mol. The van der Waals surface area contributed by atoms with Crippen molar-refractivity contribution in [2.45, 2.75) is 26.3 Å². The quantitative estimate of drug-likeness (QED) is 0.836. The molecule has 2 rings (SSSR count). The Balaban J connectivity index is 2.23. The van der Waals surface area contributed by atoms with Crippen LogP contribution in [0, 0.1) is 5.92 Å². The highest BCUT2D eigenvalue weighted by Crippen LogP contribution is 2.16. The summed E-state index contributed by atoms with van der Waals surface area (Å²) in [5.74, 6) is -0.685. The zero-order chi connectivity index (χ0) is 15.2. The second-order valence-corrected chi connectivity index (χ2v) is 4.70. The lowest BCUT2D eigenvalue weighted by Crippen LogP contribution is -2.36. The zero-order valence-corrected chi connectivity index (χ0v) is 11.9. The van der Waals surface area contributed by atoms with Gasteiger partial charge in [-0.2, -0.15) is 0 Å². The Labute approximate surface area is 122 Å². The molecule has 7 heteroatoms. The molecule has 2 N–H and O–H groups in total. The van der Waals surface area contributed by atoms with Crippen molar-refractivity contribution in [3.05, 3.63) is 30.9 Å². The number of carbonyl (C=O) groups is 1. The molecule has 0 saturated heterocycles. The summed E-state index contributed by atoms with van der Waals surface area (Å²) >= 11 is 0. The molecule has 0 radical (unpaired) electrons. The second kappa shape index (κ2) is 6.74. The van der Waals surface area contributed by atoms with E-state index in [2.05, 4.69) is 25.3 Å². The van der Waals surface area contributed by atoms with Crippen molar-refractivity contribution < 1.29 is 9.90 Å². The lowest BCUT2D eigenvalue weighted by atomic mass is 9.99. The molecule has 0 aliphatic heterocycles. The first kappa shape index (κ1) is 14.8. The molecule has 7 nitrogen and oxygen atoms in total. The average Bonchev–Trinajstić information content (AvgIpc) is 2.53. The number of aliphatic carboxylic acids is 1. The molecule has 0 bridgehead atoms. The Morgan fingerprint density at radius 3 is 2.71 bits per heavy atom. The summed E-state index contributed by atoms with van der Waals surface area (Å²) in [5, 5.41) is 12.2. The van der Waals surface area contributed by atoms with Crippen LogP contribution < -0.4 is 5.32 Å². The molecule has 0 unspecified atom stereocenters. The van der Waals surface area contributed by atoms with Crippen molar-refractivity contribution in [3.8, 4) is 11.4 Å². The van der Waals surface area contributed by atoms with Gasteiger partial charge in [0, 0.05) is 18.6 Å². The number of nitrogens with zero attached hydrogens (tertiary/aromatic N) is 4. The molecule has 2 aromatic rings. The molecule has 0 aromatic carbocycles. The molecule has 0 spiro atoms. The van der Waals surface area contributed by atoms with Crippen molar-refractivity contribution >= 4 is 11.9 Å². The Hall–Kier alpha value is -2.57. The Morgan fingerprint density at radius 2 is 2.10 bits per heavy atom. The minimum absolute atomic E-state index is 0.0359. The maximum Gasteiger partial charge on any atom is 0.326 e. The predicted molar refractivity (Wildman–Crippen MR) is 77.6 cm³/mol. The van der Waals surface area contributed by atoms with Crippen LogP contribution in [0.25, 0.3) is 11.4 Å². The number of carboxylic acid groups (broad SMARTS) is 1. The molecule has 2 atom stereocenters. The fourth-order valence-electron chi connectivity index (χ4n) is 1.82. The van der Waals surface area contributed by atoms with E-state index in [0.29, 0.717) is 11.4 Å². The Morgan fingerprint density at radius 1 is 1.29 bits per heavy atom. The highest BCUT2D eigenvalue weighted by atomic mass is 16.4. The van der Waals surface area contributed by atoms with Crippen LogP contribution in [0.5, 0.6) is 0 Å². The van der Waals surface area contributed by atoms with Gasteiger partial charge in [0.15, 0.2) is 0 Å². The summed E-state index contributed by atoms with van der Waals surface area (Å²) in [6, 6.07) is 0.973. The normalized spacial score (nSPS) is 13.4. The molecular formula is C14H17N5O2. The fourth-order valence-corrected chi connectivity index (χ4v) is 1.82. The number of anilines is 1. The summed E-state index contributed by atoms with van der Waals surface area (Å²) in [5.41, 5.74) is 1.20. The highest BCUT2D eigenvalue weighted by Gasteiger charge is 2.24. The molecule has 0 aliphatic rings. The summed E-state index contributed by atoms with van der Waals surface area (Å²) in [4.78, 5) is 27.8. The Kier molecular flexibility index (Phi) is 4.76. The smallest absolute Gasteiger partial charge is 0.326 e. The topological polar surface area (TPSA) is 101 Å². The number of rotatable bonds is 6. The van der Waals surface area contributed by atoms with E-state index in [-0.39, 0.29) is 11.9 Å². The third kappa shape index (κ3) is 3.71. The summed E-state index contributed by atoms with van der Waals surface area (Å²) in [6.45, 7) is 3.82. The van der Waals surface area contributed by atoms with E-state index < -0.39 is 12.0 Å². The number of hydrogen-bond donors (Lipinski definition) is 2. The Bertz CT molecular complexity index is 605. The number of hydrogen-bond acceptors (Lipinski definition) is 6. The standard InChI is InChI=1S/C14H17N5O2/c1-3-9(2)12(13(20)21)19-14-17-5-4-10(18-14)11-8-15-6-7-16-11/h4-9,12H,3H2,1-2H3,(H,20,21)(H,17,18,19)/t9-,12-/m0/s1. The van der Waals surface area contributed by atoms with Crippen LogP contribution >= 0.6 is 0 Å². The molecule has 2 heterocycles. The first-order valence-electron chi connectivity index (χ1n) is 6.70. The SMILES string of the molecule is CC[C@H](C)[C@H](Nc1nccc(-c2cnccn2)n1)C(=O)O. The molecule has 21 heavy (non-hydrogen) atoms. The van der Waals surface area contributed by atoms with E-state index in [1.807, 2.05) is 13.8 Å². The molecule has 0 fully saturated rings. The molecule has 0 saturated carbocycles. The van der Waals surface area contributed by atoms with Gasteiger partial charge in [0.25, 0.3) is 0 Å². The molecule has 0 aliphatic carbocycles. The van der Waals surface area contributed by atoms with Gasteiger partial charge in [-0.15, -0.1) is 0 Å².